The minimum absolute atomic E-state index is 0.0496. The van der Waals surface area contributed by atoms with Gasteiger partial charge in [0.1, 0.15) is 11.6 Å². The quantitative estimate of drug-likeness (QED) is 0.548. The molecule has 2 aliphatic rings. The molecule has 5 rings (SSSR count). The molecule has 2 aromatic heterocycles. The molecule has 6 nitrogen and oxygen atoms in total. The van der Waals surface area contributed by atoms with Gasteiger partial charge in [-0.05, 0) is 76.8 Å². The van der Waals surface area contributed by atoms with Crippen molar-refractivity contribution in [3.63, 3.8) is 0 Å². The number of fused-ring (bicyclic) bond motifs is 1. The molecule has 0 spiro atoms. The number of aromatic nitrogens is 3. The Morgan fingerprint density at radius 2 is 1.97 bits per heavy atom. The molecule has 0 radical (unpaired) electrons. The molecule has 0 saturated carbocycles. The summed E-state index contributed by atoms with van der Waals surface area (Å²) in [6.07, 6.45) is 8.10. The molecule has 1 atom stereocenters. The van der Waals surface area contributed by atoms with E-state index in [9.17, 15) is 9.18 Å². The van der Waals surface area contributed by atoms with Gasteiger partial charge >= 0.3 is 0 Å². The van der Waals surface area contributed by atoms with Gasteiger partial charge < -0.3 is 9.47 Å². The van der Waals surface area contributed by atoms with E-state index in [1.54, 1.807) is 18.3 Å². The van der Waals surface area contributed by atoms with E-state index in [0.717, 1.165) is 74.3 Å². The van der Waals surface area contributed by atoms with Crippen LogP contribution in [0.3, 0.4) is 0 Å². The standard InChI is InChI=1S/C26H32FN5O/c1-17(2)32-16-19(21-9-8-20(27)13-24(21)32)15-31-12-6-7-23(31)25-28-14-22(18(3)29-25)26(33)30-10-4-5-11-30/h8-9,13-14,16-17,23H,4-7,10-12,15H2,1-3H3/t23-/m1/s1. The van der Waals surface area contributed by atoms with E-state index in [1.165, 1.54) is 5.56 Å². The van der Waals surface area contributed by atoms with Crippen LogP contribution in [0.1, 0.15) is 79.1 Å². The third-order valence-electron chi connectivity index (χ3n) is 7.09. The molecule has 0 bridgehead atoms. The van der Waals surface area contributed by atoms with Crippen molar-refractivity contribution in [1.82, 2.24) is 24.3 Å². The maximum Gasteiger partial charge on any atom is 0.257 e. The lowest BCUT2D eigenvalue weighted by Crippen LogP contribution is -2.29. The topological polar surface area (TPSA) is 54.3 Å². The SMILES string of the molecule is Cc1nc([C@H]2CCCN2Cc2cn(C(C)C)c3cc(F)ccc23)ncc1C(=O)N1CCCC1. The number of rotatable bonds is 5. The molecule has 4 heterocycles. The smallest absolute Gasteiger partial charge is 0.257 e. The van der Waals surface area contributed by atoms with Gasteiger partial charge in [-0.25, -0.2) is 14.4 Å². The van der Waals surface area contributed by atoms with Crippen molar-refractivity contribution < 1.29 is 9.18 Å². The number of nitrogens with zero attached hydrogens (tertiary/aromatic N) is 5. The monoisotopic (exact) mass is 449 g/mol. The van der Waals surface area contributed by atoms with Crippen molar-refractivity contribution >= 4 is 16.8 Å². The Kier molecular flexibility index (Phi) is 5.91. The summed E-state index contributed by atoms with van der Waals surface area (Å²) < 4.78 is 16.1. The van der Waals surface area contributed by atoms with E-state index in [1.807, 2.05) is 17.9 Å². The third-order valence-corrected chi connectivity index (χ3v) is 7.09. The maximum atomic E-state index is 13.9. The molecule has 7 heteroatoms. The summed E-state index contributed by atoms with van der Waals surface area (Å²) in [6, 6.07) is 5.44. The molecule has 1 amide bonds. The molecular weight excluding hydrogens is 417 g/mol. The zero-order valence-electron chi connectivity index (χ0n) is 19.7. The van der Waals surface area contributed by atoms with Gasteiger partial charge in [0.25, 0.3) is 5.91 Å². The predicted octanol–water partition coefficient (Wildman–Crippen LogP) is 5.03. The Hall–Kier alpha value is -2.80. The fourth-order valence-electron chi connectivity index (χ4n) is 5.32. The van der Waals surface area contributed by atoms with E-state index in [2.05, 4.69) is 34.5 Å². The Labute approximate surface area is 194 Å². The van der Waals surface area contributed by atoms with E-state index in [-0.39, 0.29) is 23.8 Å². The molecule has 2 fully saturated rings. The first-order valence-electron chi connectivity index (χ1n) is 12.1. The number of hydrogen-bond acceptors (Lipinski definition) is 4. The predicted molar refractivity (Wildman–Crippen MR) is 127 cm³/mol. The molecule has 0 N–H and O–H groups in total. The number of aryl methyl sites for hydroxylation is 1. The minimum atomic E-state index is -0.208. The largest absolute Gasteiger partial charge is 0.345 e. The van der Waals surface area contributed by atoms with Crippen molar-refractivity contribution in [3.8, 4) is 0 Å². The number of benzene rings is 1. The number of amides is 1. The number of carbonyl (C=O) groups is 1. The average molecular weight is 450 g/mol. The number of carbonyl (C=O) groups excluding carboxylic acids is 1. The Morgan fingerprint density at radius 3 is 2.70 bits per heavy atom. The van der Waals surface area contributed by atoms with E-state index in [4.69, 9.17) is 4.98 Å². The molecule has 2 saturated heterocycles. The first kappa shape index (κ1) is 22.0. The average Bonchev–Trinajstić information content (AvgIpc) is 3.54. The Balaban J connectivity index is 1.40. The number of halogens is 1. The third kappa shape index (κ3) is 4.14. The normalized spacial score (nSPS) is 19.3. The van der Waals surface area contributed by atoms with Crippen LogP contribution in [0.5, 0.6) is 0 Å². The summed E-state index contributed by atoms with van der Waals surface area (Å²) in [5.41, 5.74) is 3.51. The van der Waals surface area contributed by atoms with E-state index < -0.39 is 0 Å². The summed E-state index contributed by atoms with van der Waals surface area (Å²) in [5.74, 6) is 0.635. The second kappa shape index (κ2) is 8.86. The van der Waals surface area contributed by atoms with Gasteiger partial charge in [-0.3, -0.25) is 9.69 Å². The zero-order chi connectivity index (χ0) is 23.1. The summed E-state index contributed by atoms with van der Waals surface area (Å²) in [4.78, 5) is 26.6. The summed E-state index contributed by atoms with van der Waals surface area (Å²) in [7, 11) is 0. The highest BCUT2D eigenvalue weighted by molar-refractivity contribution is 5.95. The lowest BCUT2D eigenvalue weighted by Gasteiger charge is -2.24. The van der Waals surface area contributed by atoms with Gasteiger partial charge in [-0.2, -0.15) is 0 Å². The molecule has 33 heavy (non-hydrogen) atoms. The zero-order valence-corrected chi connectivity index (χ0v) is 19.7. The molecule has 0 unspecified atom stereocenters. The first-order chi connectivity index (χ1) is 15.9. The second-order valence-electron chi connectivity index (χ2n) is 9.67. The van der Waals surface area contributed by atoms with Crippen molar-refractivity contribution in [1.29, 1.82) is 0 Å². The van der Waals surface area contributed by atoms with Crippen LogP contribution < -0.4 is 0 Å². The van der Waals surface area contributed by atoms with Gasteiger partial charge in [0.2, 0.25) is 0 Å². The summed E-state index contributed by atoms with van der Waals surface area (Å²) >= 11 is 0. The summed E-state index contributed by atoms with van der Waals surface area (Å²) in [6.45, 7) is 9.54. The molecule has 0 aliphatic carbocycles. The van der Waals surface area contributed by atoms with Crippen molar-refractivity contribution in [3.05, 3.63) is 59.1 Å². The highest BCUT2D eigenvalue weighted by atomic mass is 19.1. The van der Waals surface area contributed by atoms with E-state index >= 15 is 0 Å². The first-order valence-corrected chi connectivity index (χ1v) is 12.1. The van der Waals surface area contributed by atoms with Crippen LogP contribution in [0.15, 0.2) is 30.6 Å². The van der Waals surface area contributed by atoms with Crippen molar-refractivity contribution in [2.75, 3.05) is 19.6 Å². The van der Waals surface area contributed by atoms with Gasteiger partial charge in [0, 0.05) is 43.5 Å². The molecule has 3 aromatic rings. The van der Waals surface area contributed by atoms with Gasteiger partial charge in [0.05, 0.1) is 22.8 Å². The van der Waals surface area contributed by atoms with Crippen LogP contribution in [0.2, 0.25) is 0 Å². The highest BCUT2D eigenvalue weighted by Crippen LogP contribution is 2.34. The van der Waals surface area contributed by atoms with Gasteiger partial charge in [0.15, 0.2) is 0 Å². The molecule has 2 aliphatic heterocycles. The second-order valence-corrected chi connectivity index (χ2v) is 9.67. The van der Waals surface area contributed by atoms with Crippen LogP contribution >= 0.6 is 0 Å². The van der Waals surface area contributed by atoms with Crippen LogP contribution in [0.4, 0.5) is 4.39 Å². The number of likely N-dealkylation sites (tertiary alicyclic amines) is 2. The fourth-order valence-corrected chi connectivity index (χ4v) is 5.32. The fraction of sp³-hybridized carbons (Fsp3) is 0.500. The van der Waals surface area contributed by atoms with Crippen molar-refractivity contribution in [2.45, 2.75) is 65.1 Å². The number of hydrogen-bond donors (Lipinski definition) is 0. The lowest BCUT2D eigenvalue weighted by atomic mass is 10.1. The van der Waals surface area contributed by atoms with Gasteiger partial charge in [-0.1, -0.05) is 0 Å². The van der Waals surface area contributed by atoms with Crippen LogP contribution in [0, 0.1) is 12.7 Å². The van der Waals surface area contributed by atoms with E-state index in [0.29, 0.717) is 5.56 Å². The van der Waals surface area contributed by atoms with Crippen LogP contribution in [-0.2, 0) is 6.54 Å². The Morgan fingerprint density at radius 1 is 1.18 bits per heavy atom. The highest BCUT2D eigenvalue weighted by Gasteiger charge is 2.30. The summed E-state index contributed by atoms with van der Waals surface area (Å²) in [5, 5.41) is 1.10. The Bertz CT molecular complexity index is 1180. The van der Waals surface area contributed by atoms with Gasteiger partial charge in [-0.15, -0.1) is 0 Å². The lowest BCUT2D eigenvalue weighted by molar-refractivity contribution is 0.0791. The maximum absolute atomic E-state index is 13.9. The molecular formula is C26H32FN5O. The molecule has 1 aromatic carbocycles. The van der Waals surface area contributed by atoms with Crippen molar-refractivity contribution in [2.24, 2.45) is 0 Å². The van der Waals surface area contributed by atoms with Crippen LogP contribution in [0.25, 0.3) is 10.9 Å². The molecule has 174 valence electrons. The van der Waals surface area contributed by atoms with Crippen LogP contribution in [-0.4, -0.2) is 49.9 Å². The minimum Gasteiger partial charge on any atom is -0.345 e.